The molecule has 202 valence electrons. The van der Waals surface area contributed by atoms with Crippen molar-refractivity contribution in [2.45, 2.75) is 69.4 Å². The lowest BCUT2D eigenvalue weighted by Gasteiger charge is -2.39. The summed E-state index contributed by atoms with van der Waals surface area (Å²) in [6.07, 6.45) is 1.36. The van der Waals surface area contributed by atoms with E-state index in [1.54, 1.807) is 23.6 Å². The van der Waals surface area contributed by atoms with E-state index < -0.39 is 36.5 Å². The van der Waals surface area contributed by atoms with Crippen LogP contribution < -0.4 is 10.6 Å². The molecular weight excluding hydrogens is 483 g/mol. The van der Waals surface area contributed by atoms with Gasteiger partial charge in [-0.2, -0.15) is 5.26 Å². The molecule has 2 heterocycles. The number of urea groups is 1. The Labute approximate surface area is 217 Å². The van der Waals surface area contributed by atoms with Gasteiger partial charge in [0, 0.05) is 37.6 Å². The molecule has 12 heteroatoms. The van der Waals surface area contributed by atoms with Gasteiger partial charge in [0.15, 0.2) is 0 Å². The summed E-state index contributed by atoms with van der Waals surface area (Å²) in [5.74, 6) is -5.05. The van der Waals surface area contributed by atoms with Gasteiger partial charge in [-0.25, -0.2) is 13.6 Å². The Bertz CT molecular complexity index is 976. The molecule has 2 fully saturated rings. The highest BCUT2D eigenvalue weighted by Gasteiger charge is 2.45. The molecule has 2 saturated heterocycles. The molecule has 0 aliphatic carbocycles. The number of carbonyl (C=O) groups is 2. The van der Waals surface area contributed by atoms with Gasteiger partial charge in [0.05, 0.1) is 18.6 Å². The van der Waals surface area contributed by atoms with E-state index in [4.69, 9.17) is 0 Å². The molecule has 0 saturated carbocycles. The number of carbonyl (C=O) groups excluding carboxylic acids is 2. The number of amides is 3. The molecule has 3 rings (SSSR count). The van der Waals surface area contributed by atoms with Gasteiger partial charge in [-0.3, -0.25) is 9.69 Å². The lowest BCUT2D eigenvalue weighted by molar-refractivity contribution is -0.136. The lowest BCUT2D eigenvalue weighted by atomic mass is 9.76. The summed E-state index contributed by atoms with van der Waals surface area (Å²) in [5.41, 5.74) is 0.0841. The quantitative estimate of drug-likeness (QED) is 0.367. The van der Waals surface area contributed by atoms with E-state index in [0.29, 0.717) is 19.4 Å². The van der Waals surface area contributed by atoms with Gasteiger partial charge in [-0.15, -0.1) is 0 Å². The van der Waals surface area contributed by atoms with E-state index in [1.165, 1.54) is 0 Å². The van der Waals surface area contributed by atoms with Crippen LogP contribution in [0, 0.1) is 17.2 Å². The Balaban J connectivity index is 1.55. The highest BCUT2D eigenvalue weighted by molar-refractivity contribution is 6.43. The number of benzene rings is 1. The zero-order valence-corrected chi connectivity index (χ0v) is 21.4. The molecule has 0 radical (unpaired) electrons. The second-order valence-electron chi connectivity index (χ2n) is 10.7. The van der Waals surface area contributed by atoms with E-state index >= 15 is 0 Å². The second-order valence-corrected chi connectivity index (χ2v) is 10.7. The third-order valence-electron chi connectivity index (χ3n) is 7.23. The van der Waals surface area contributed by atoms with Gasteiger partial charge in [0.1, 0.15) is 5.92 Å². The van der Waals surface area contributed by atoms with Gasteiger partial charge in [0.25, 0.3) is 5.92 Å². The predicted octanol–water partition coefficient (Wildman–Crippen LogP) is 1.55. The summed E-state index contributed by atoms with van der Waals surface area (Å²) in [7, 11) is -1.76. The standard InChI is InChI=1S/C25H36BF2N5O4/c1-24(2,33-12-10-25(27,28)17-33)14-19(15-29)22(34)32-11-6-9-20(16-32)30-23(35)31-21(26(36)37)13-18-7-4-3-5-8-18/h3-5,7-8,19-21,36-37H,6,9-14,16-17H2,1-2H3,(H2,30,31,35)/t19?,20-,21+/m1/s1. The smallest absolute Gasteiger partial charge is 0.426 e. The van der Waals surface area contributed by atoms with Crippen molar-refractivity contribution in [3.8, 4) is 6.07 Å². The maximum Gasteiger partial charge on any atom is 0.475 e. The summed E-state index contributed by atoms with van der Waals surface area (Å²) >= 11 is 0. The van der Waals surface area contributed by atoms with E-state index in [-0.39, 0.29) is 50.8 Å². The molecule has 4 N–H and O–H groups in total. The van der Waals surface area contributed by atoms with Gasteiger partial charge in [0.2, 0.25) is 5.91 Å². The summed E-state index contributed by atoms with van der Waals surface area (Å²) in [5, 5.41) is 34.5. The maximum atomic E-state index is 13.7. The Morgan fingerprint density at radius 2 is 1.97 bits per heavy atom. The van der Waals surface area contributed by atoms with Gasteiger partial charge < -0.3 is 25.6 Å². The highest BCUT2D eigenvalue weighted by atomic mass is 19.3. The number of nitrogens with zero attached hydrogens (tertiary/aromatic N) is 3. The minimum atomic E-state index is -2.76. The maximum absolute atomic E-state index is 13.7. The van der Waals surface area contributed by atoms with Crippen LogP contribution in [0.4, 0.5) is 13.6 Å². The number of nitrogens with one attached hydrogen (secondary N) is 2. The first-order valence-corrected chi connectivity index (χ1v) is 12.7. The topological polar surface area (TPSA) is 129 Å². The SMILES string of the molecule is CC(C)(CC(C#N)C(=O)N1CCC[C@@H](NC(=O)N[C@@H](Cc2ccccc2)B(O)O)C1)N1CCC(F)(F)C1. The molecule has 37 heavy (non-hydrogen) atoms. The van der Waals surface area contributed by atoms with Crippen molar-refractivity contribution in [1.29, 1.82) is 5.26 Å². The minimum absolute atomic E-state index is 0.128. The van der Waals surface area contributed by atoms with Crippen molar-refractivity contribution in [3.63, 3.8) is 0 Å². The summed E-state index contributed by atoms with van der Waals surface area (Å²) in [4.78, 5) is 29.0. The molecule has 9 nitrogen and oxygen atoms in total. The number of rotatable bonds is 9. The third kappa shape index (κ3) is 8.12. The molecule has 0 bridgehead atoms. The number of nitriles is 1. The number of piperidine rings is 1. The fourth-order valence-corrected chi connectivity index (χ4v) is 5.08. The number of likely N-dealkylation sites (tertiary alicyclic amines) is 2. The number of hydrogen-bond acceptors (Lipinski definition) is 6. The van der Waals surface area contributed by atoms with Crippen LogP contribution in [0.15, 0.2) is 30.3 Å². The fraction of sp³-hybridized carbons (Fsp3) is 0.640. The van der Waals surface area contributed by atoms with Crippen molar-refractivity contribution in [2.24, 2.45) is 5.92 Å². The molecular formula is C25H36BF2N5O4. The highest BCUT2D eigenvalue weighted by Crippen LogP contribution is 2.35. The van der Waals surface area contributed by atoms with Crippen molar-refractivity contribution < 1.29 is 28.4 Å². The first-order valence-electron chi connectivity index (χ1n) is 12.7. The Morgan fingerprint density at radius 1 is 1.27 bits per heavy atom. The molecule has 1 aromatic carbocycles. The zero-order chi connectivity index (χ0) is 27.2. The van der Waals surface area contributed by atoms with Crippen molar-refractivity contribution >= 4 is 19.1 Å². The lowest BCUT2D eigenvalue weighted by Crippen LogP contribution is -2.57. The van der Waals surface area contributed by atoms with Crippen molar-refractivity contribution in [2.75, 3.05) is 26.2 Å². The van der Waals surface area contributed by atoms with Crippen LogP contribution in [-0.4, -0.2) is 88.5 Å². The molecule has 1 unspecified atom stereocenters. The van der Waals surface area contributed by atoms with Crippen LogP contribution in [0.25, 0.3) is 0 Å². The second kappa shape index (κ2) is 12.2. The van der Waals surface area contributed by atoms with E-state index in [1.807, 2.05) is 30.3 Å². The third-order valence-corrected chi connectivity index (χ3v) is 7.23. The molecule has 3 atom stereocenters. The number of alkyl halides is 2. The van der Waals surface area contributed by atoms with Crippen LogP contribution in [0.2, 0.25) is 0 Å². The number of halogens is 2. The fourth-order valence-electron chi connectivity index (χ4n) is 5.08. The monoisotopic (exact) mass is 519 g/mol. The summed E-state index contributed by atoms with van der Waals surface area (Å²) in [6, 6.07) is 10.2. The van der Waals surface area contributed by atoms with Crippen LogP contribution in [0.3, 0.4) is 0 Å². The van der Waals surface area contributed by atoms with Crippen LogP contribution in [-0.2, 0) is 11.2 Å². The van der Waals surface area contributed by atoms with Gasteiger partial charge >= 0.3 is 13.1 Å². The molecule has 2 aliphatic rings. The minimum Gasteiger partial charge on any atom is -0.426 e. The summed E-state index contributed by atoms with van der Waals surface area (Å²) in [6.45, 7) is 4.02. The van der Waals surface area contributed by atoms with Gasteiger partial charge in [-0.05, 0) is 45.1 Å². The largest absolute Gasteiger partial charge is 0.475 e. The first-order chi connectivity index (χ1) is 17.4. The molecule has 0 spiro atoms. The van der Waals surface area contributed by atoms with Crippen molar-refractivity contribution in [1.82, 2.24) is 20.4 Å². The van der Waals surface area contributed by atoms with Crippen molar-refractivity contribution in [3.05, 3.63) is 35.9 Å². The normalized spacial score (nSPS) is 21.5. The zero-order valence-electron chi connectivity index (χ0n) is 21.4. The Morgan fingerprint density at radius 3 is 2.57 bits per heavy atom. The average molecular weight is 519 g/mol. The van der Waals surface area contributed by atoms with Crippen LogP contribution >= 0.6 is 0 Å². The molecule has 0 aromatic heterocycles. The molecule has 3 amide bonds. The Hall–Kier alpha value is -2.75. The van der Waals surface area contributed by atoms with Crippen LogP contribution in [0.5, 0.6) is 0 Å². The Kier molecular flexibility index (Phi) is 9.50. The predicted molar refractivity (Wildman–Crippen MR) is 134 cm³/mol. The molecule has 2 aliphatic heterocycles. The summed E-state index contributed by atoms with van der Waals surface area (Å²) < 4.78 is 27.4. The number of hydrogen-bond donors (Lipinski definition) is 4. The first kappa shape index (κ1) is 28.8. The molecule has 1 aromatic rings. The van der Waals surface area contributed by atoms with Gasteiger partial charge in [-0.1, -0.05) is 30.3 Å². The van der Waals surface area contributed by atoms with E-state index in [9.17, 15) is 33.7 Å². The van der Waals surface area contributed by atoms with E-state index in [2.05, 4.69) is 16.7 Å². The van der Waals surface area contributed by atoms with Crippen LogP contribution in [0.1, 0.15) is 45.1 Å². The average Bonchev–Trinajstić information content (AvgIpc) is 3.23. The van der Waals surface area contributed by atoms with E-state index in [0.717, 1.165) is 5.56 Å².